The van der Waals surface area contributed by atoms with Gasteiger partial charge in [-0.2, -0.15) is 22.7 Å². The molecule has 0 amide bonds. The Morgan fingerprint density at radius 3 is 2.56 bits per heavy atom. The maximum Gasteiger partial charge on any atom is 0.416 e. The molecule has 34 heavy (non-hydrogen) atoms. The van der Waals surface area contributed by atoms with Crippen LogP contribution in [0.4, 0.5) is 18.9 Å². The van der Waals surface area contributed by atoms with Crippen LogP contribution in [0.15, 0.2) is 47.6 Å². The van der Waals surface area contributed by atoms with E-state index in [0.29, 0.717) is 17.3 Å². The number of pyridine rings is 1. The minimum absolute atomic E-state index is 0.0992. The van der Waals surface area contributed by atoms with Gasteiger partial charge in [-0.1, -0.05) is 6.07 Å². The van der Waals surface area contributed by atoms with Gasteiger partial charge in [0, 0.05) is 44.0 Å². The van der Waals surface area contributed by atoms with Crippen molar-refractivity contribution in [3.63, 3.8) is 0 Å². The first kappa shape index (κ1) is 22.7. The molecule has 1 N–H and O–H groups in total. The molecular formula is C23H22F3N5O2S. The quantitative estimate of drug-likeness (QED) is 0.598. The molecular weight excluding hydrogens is 467 g/mol. The van der Waals surface area contributed by atoms with Crippen LogP contribution in [-0.2, 0) is 16.2 Å². The first-order valence-corrected chi connectivity index (χ1v) is 12.3. The van der Waals surface area contributed by atoms with E-state index < -0.39 is 21.8 Å². The maximum atomic E-state index is 13.1. The summed E-state index contributed by atoms with van der Waals surface area (Å²) >= 11 is 0. The van der Waals surface area contributed by atoms with Crippen LogP contribution in [0.25, 0.3) is 11.0 Å². The van der Waals surface area contributed by atoms with Crippen LogP contribution in [0, 0.1) is 23.2 Å². The molecule has 1 saturated carbocycles. The summed E-state index contributed by atoms with van der Waals surface area (Å²) in [5.74, 6) is 0.198. The van der Waals surface area contributed by atoms with E-state index in [4.69, 9.17) is 0 Å². The van der Waals surface area contributed by atoms with E-state index in [0.717, 1.165) is 36.0 Å². The van der Waals surface area contributed by atoms with Gasteiger partial charge in [-0.05, 0) is 48.9 Å². The minimum atomic E-state index is -4.61. The molecule has 0 radical (unpaired) electrons. The number of anilines is 1. The molecule has 3 heterocycles. The number of hydrogen-bond donors (Lipinski definition) is 1. The van der Waals surface area contributed by atoms with Crippen molar-refractivity contribution in [3.05, 3.63) is 53.9 Å². The highest BCUT2D eigenvalue weighted by molar-refractivity contribution is 7.89. The second kappa shape index (κ2) is 7.99. The van der Waals surface area contributed by atoms with Crippen LogP contribution in [0.1, 0.15) is 24.0 Å². The van der Waals surface area contributed by atoms with Crippen LogP contribution < -0.4 is 4.90 Å². The lowest BCUT2D eigenvalue weighted by Crippen LogP contribution is -2.34. The molecule has 2 unspecified atom stereocenters. The van der Waals surface area contributed by atoms with Crippen LogP contribution in [-0.4, -0.2) is 48.9 Å². The number of rotatable bonds is 4. The van der Waals surface area contributed by atoms with Gasteiger partial charge in [0.1, 0.15) is 11.7 Å². The average Bonchev–Trinajstić information content (AvgIpc) is 3.52. The highest BCUT2D eigenvalue weighted by atomic mass is 32.2. The lowest BCUT2D eigenvalue weighted by Gasteiger charge is -2.29. The Labute approximate surface area is 194 Å². The van der Waals surface area contributed by atoms with Crippen molar-refractivity contribution in [2.24, 2.45) is 11.8 Å². The summed E-state index contributed by atoms with van der Waals surface area (Å²) in [5.41, 5.74) is 0.987. The van der Waals surface area contributed by atoms with E-state index in [-0.39, 0.29) is 35.9 Å². The third-order valence-electron chi connectivity index (χ3n) is 7.07. The fourth-order valence-electron chi connectivity index (χ4n) is 5.36. The van der Waals surface area contributed by atoms with Gasteiger partial charge >= 0.3 is 6.18 Å². The summed E-state index contributed by atoms with van der Waals surface area (Å²) in [4.78, 5) is 9.09. The molecule has 2 aromatic heterocycles. The number of aromatic amines is 1. The molecule has 3 atom stereocenters. The van der Waals surface area contributed by atoms with Gasteiger partial charge in [0.15, 0.2) is 0 Å². The van der Waals surface area contributed by atoms with Gasteiger partial charge < -0.3 is 9.88 Å². The average molecular weight is 490 g/mol. The number of nitriles is 1. The Morgan fingerprint density at radius 2 is 1.91 bits per heavy atom. The summed E-state index contributed by atoms with van der Waals surface area (Å²) in [6, 6.07) is 8.11. The molecule has 2 aliphatic rings. The Bertz CT molecular complexity index is 1380. The van der Waals surface area contributed by atoms with Crippen LogP contribution in [0.2, 0.25) is 0 Å². The molecule has 5 rings (SSSR count). The number of fused-ring (bicyclic) bond motifs is 2. The Morgan fingerprint density at radius 1 is 1.21 bits per heavy atom. The van der Waals surface area contributed by atoms with Crippen molar-refractivity contribution in [1.29, 1.82) is 5.26 Å². The number of nitrogens with zero attached hydrogens (tertiary/aromatic N) is 4. The Balaban J connectivity index is 1.34. The van der Waals surface area contributed by atoms with Crippen molar-refractivity contribution in [1.82, 2.24) is 14.3 Å². The van der Waals surface area contributed by atoms with E-state index in [9.17, 15) is 26.9 Å². The molecule has 1 aliphatic carbocycles. The SMILES string of the molecule is CN(c1c(C#N)cnc2[nH]ccc12)C1CC2CN(S(=O)(=O)c3cccc(C(F)(F)F)c3)C[C@H]2C1. The Hall–Kier alpha value is -3.10. The topological polar surface area (TPSA) is 93.1 Å². The number of alkyl halides is 3. The second-order valence-corrected chi connectivity index (χ2v) is 10.9. The summed E-state index contributed by atoms with van der Waals surface area (Å²) in [5, 5.41) is 10.5. The van der Waals surface area contributed by atoms with E-state index >= 15 is 0 Å². The number of nitrogens with one attached hydrogen (secondary N) is 1. The van der Waals surface area contributed by atoms with Crippen molar-refractivity contribution < 1.29 is 21.6 Å². The number of aromatic nitrogens is 2. The molecule has 1 aliphatic heterocycles. The van der Waals surface area contributed by atoms with Crippen molar-refractivity contribution in [2.75, 3.05) is 25.0 Å². The zero-order chi connectivity index (χ0) is 24.3. The summed E-state index contributed by atoms with van der Waals surface area (Å²) in [7, 11) is -2.09. The standard InChI is InChI=1S/C23H22F3N5O2S/c1-30(21-16(10-27)11-29-22-20(21)5-6-28-22)18-7-14-12-31(13-15(14)8-18)34(32,33)19-4-2-3-17(9-19)23(24,25)26/h2-6,9,11,14-15,18H,7-8,12-13H2,1H3,(H,28,29)/t14-,15?,18?/m1/s1. The van der Waals surface area contributed by atoms with E-state index in [2.05, 4.69) is 20.9 Å². The maximum absolute atomic E-state index is 13.1. The normalized spacial score (nSPS) is 23.2. The molecule has 0 bridgehead atoms. The number of halogens is 3. The third-order valence-corrected chi connectivity index (χ3v) is 8.90. The molecule has 11 heteroatoms. The molecule has 3 aromatic rings. The fourth-order valence-corrected chi connectivity index (χ4v) is 6.96. The smallest absolute Gasteiger partial charge is 0.370 e. The zero-order valence-corrected chi connectivity index (χ0v) is 19.1. The Kier molecular flexibility index (Phi) is 5.33. The number of benzene rings is 1. The van der Waals surface area contributed by atoms with Crippen LogP contribution in [0.5, 0.6) is 0 Å². The van der Waals surface area contributed by atoms with Crippen molar-refractivity contribution in [3.8, 4) is 6.07 Å². The molecule has 1 saturated heterocycles. The van der Waals surface area contributed by atoms with E-state index in [1.807, 2.05) is 13.1 Å². The van der Waals surface area contributed by atoms with Crippen molar-refractivity contribution in [2.45, 2.75) is 30.0 Å². The number of hydrogen-bond acceptors (Lipinski definition) is 5. The molecule has 0 spiro atoms. The third kappa shape index (κ3) is 3.71. The van der Waals surface area contributed by atoms with E-state index in [1.165, 1.54) is 10.4 Å². The summed E-state index contributed by atoms with van der Waals surface area (Å²) in [6.45, 7) is 0.545. The first-order chi connectivity index (χ1) is 16.1. The summed E-state index contributed by atoms with van der Waals surface area (Å²) in [6.07, 6.45) is 0.175. The lowest BCUT2D eigenvalue weighted by molar-refractivity contribution is -0.137. The predicted molar refractivity (Wildman–Crippen MR) is 119 cm³/mol. The highest BCUT2D eigenvalue weighted by Crippen LogP contribution is 2.44. The van der Waals surface area contributed by atoms with E-state index in [1.54, 1.807) is 12.4 Å². The highest BCUT2D eigenvalue weighted by Gasteiger charge is 2.46. The molecule has 2 fully saturated rings. The first-order valence-electron chi connectivity index (χ1n) is 10.9. The van der Waals surface area contributed by atoms with Gasteiger partial charge in [0.05, 0.1) is 21.7 Å². The minimum Gasteiger partial charge on any atom is -0.370 e. The van der Waals surface area contributed by atoms with Crippen LogP contribution >= 0.6 is 0 Å². The predicted octanol–water partition coefficient (Wildman–Crippen LogP) is 3.99. The van der Waals surface area contributed by atoms with Gasteiger partial charge in [0.2, 0.25) is 10.0 Å². The summed E-state index contributed by atoms with van der Waals surface area (Å²) < 4.78 is 66.7. The van der Waals surface area contributed by atoms with Crippen molar-refractivity contribution >= 4 is 26.7 Å². The van der Waals surface area contributed by atoms with Gasteiger partial charge in [-0.25, -0.2) is 13.4 Å². The van der Waals surface area contributed by atoms with Crippen LogP contribution in [0.3, 0.4) is 0 Å². The van der Waals surface area contributed by atoms with Gasteiger partial charge in [-0.15, -0.1) is 0 Å². The molecule has 7 nitrogen and oxygen atoms in total. The monoisotopic (exact) mass is 489 g/mol. The largest absolute Gasteiger partial charge is 0.416 e. The number of sulfonamides is 1. The molecule has 1 aromatic carbocycles. The zero-order valence-electron chi connectivity index (χ0n) is 18.2. The second-order valence-electron chi connectivity index (χ2n) is 8.98. The van der Waals surface area contributed by atoms with Gasteiger partial charge in [-0.3, -0.25) is 0 Å². The molecule has 178 valence electrons. The fraction of sp³-hybridized carbons (Fsp3) is 0.391. The number of H-pyrrole nitrogens is 1. The lowest BCUT2D eigenvalue weighted by atomic mass is 10.0. The van der Waals surface area contributed by atoms with Gasteiger partial charge in [0.25, 0.3) is 0 Å².